The predicted octanol–water partition coefficient (Wildman–Crippen LogP) is 1.57. The van der Waals surface area contributed by atoms with Crippen molar-refractivity contribution >= 4 is 31.6 Å². The van der Waals surface area contributed by atoms with Crippen LogP contribution in [0.4, 0.5) is 5.69 Å². The van der Waals surface area contributed by atoms with E-state index in [1.807, 2.05) is 0 Å². The van der Waals surface area contributed by atoms with Crippen molar-refractivity contribution in [3.63, 3.8) is 0 Å². The Morgan fingerprint density at radius 3 is 2.39 bits per heavy atom. The number of nitrogens with one attached hydrogen (secondary N) is 2. The number of carbonyl (C=O) groups excluding carboxylic acids is 1. The Morgan fingerprint density at radius 1 is 1.06 bits per heavy atom. The number of carbonyl (C=O) groups is 1. The van der Waals surface area contributed by atoms with Crippen LogP contribution < -0.4 is 14.8 Å². The quantitative estimate of drug-likeness (QED) is 0.569. The summed E-state index contributed by atoms with van der Waals surface area (Å²) in [4.78, 5) is 16.9. The van der Waals surface area contributed by atoms with E-state index in [0.717, 1.165) is 12.8 Å². The zero-order valence-electron chi connectivity index (χ0n) is 18.1. The van der Waals surface area contributed by atoms with Crippen LogP contribution in [-0.2, 0) is 24.8 Å². The average Bonchev–Trinajstić information content (AvgIpc) is 3.63. The molecular weight excluding hydrogens is 468 g/mol. The van der Waals surface area contributed by atoms with E-state index in [1.54, 1.807) is 6.07 Å². The molecule has 1 aromatic heterocycles. The zero-order chi connectivity index (χ0) is 23.6. The van der Waals surface area contributed by atoms with Gasteiger partial charge in [-0.3, -0.25) is 9.78 Å². The number of amides is 1. The lowest BCUT2D eigenvalue weighted by atomic mass is 9.97. The Balaban J connectivity index is 1.43. The Hall–Kier alpha value is -2.54. The smallest absolute Gasteiger partial charge is 0.244 e. The molecule has 33 heavy (non-hydrogen) atoms. The number of methoxy groups -OCH3 is 1. The van der Waals surface area contributed by atoms with Gasteiger partial charge < -0.3 is 10.1 Å². The largest absolute Gasteiger partial charge is 0.495 e. The topological polar surface area (TPSA) is 135 Å². The molecule has 0 bridgehead atoms. The summed E-state index contributed by atoms with van der Waals surface area (Å²) in [6.07, 6.45) is 5.12. The van der Waals surface area contributed by atoms with Gasteiger partial charge in [0.15, 0.2) is 0 Å². The van der Waals surface area contributed by atoms with Gasteiger partial charge in [-0.15, -0.1) is 0 Å². The molecule has 2 aromatic rings. The summed E-state index contributed by atoms with van der Waals surface area (Å²) in [6, 6.07) is 7.33. The molecule has 1 aliphatic carbocycles. The zero-order valence-corrected chi connectivity index (χ0v) is 19.7. The van der Waals surface area contributed by atoms with Crippen LogP contribution in [0, 0.1) is 5.92 Å². The Kier molecular flexibility index (Phi) is 6.71. The van der Waals surface area contributed by atoms with Gasteiger partial charge in [-0.1, -0.05) is 0 Å². The van der Waals surface area contributed by atoms with Crippen LogP contribution in [-0.4, -0.2) is 58.3 Å². The number of ether oxygens (including phenoxy) is 1. The van der Waals surface area contributed by atoms with Crippen molar-refractivity contribution in [2.75, 3.05) is 25.5 Å². The second-order valence-corrected chi connectivity index (χ2v) is 11.8. The summed E-state index contributed by atoms with van der Waals surface area (Å²) in [5.74, 6) is -0.387. The number of pyridine rings is 1. The summed E-state index contributed by atoms with van der Waals surface area (Å²) in [7, 11) is -5.92. The Morgan fingerprint density at radius 2 is 1.79 bits per heavy atom. The normalized spacial score (nSPS) is 18.1. The van der Waals surface area contributed by atoms with Gasteiger partial charge in [0, 0.05) is 37.4 Å². The molecule has 0 spiro atoms. The first-order valence-corrected chi connectivity index (χ1v) is 13.5. The summed E-state index contributed by atoms with van der Waals surface area (Å²) in [5.41, 5.74) is 0.256. The second-order valence-electron chi connectivity index (χ2n) is 8.11. The molecule has 2 heterocycles. The fourth-order valence-corrected chi connectivity index (χ4v) is 6.45. The van der Waals surface area contributed by atoms with Crippen LogP contribution in [0.15, 0.2) is 52.5 Å². The van der Waals surface area contributed by atoms with Gasteiger partial charge in [-0.05, 0) is 56.0 Å². The fourth-order valence-electron chi connectivity index (χ4n) is 3.68. The first kappa shape index (κ1) is 23.6. The SMILES string of the molecule is COc1ccc(S(=O)(=O)NC2CC2)cc1NC(=O)C1CCN(S(=O)(=O)c2cccnc2)CC1. The minimum atomic E-state index is -3.69. The fraction of sp³-hybridized carbons (Fsp3) is 0.429. The van der Waals surface area contributed by atoms with E-state index < -0.39 is 26.0 Å². The second kappa shape index (κ2) is 9.37. The van der Waals surface area contributed by atoms with Gasteiger partial charge >= 0.3 is 0 Å². The molecule has 0 atom stereocenters. The van der Waals surface area contributed by atoms with E-state index in [9.17, 15) is 21.6 Å². The van der Waals surface area contributed by atoms with Crippen LogP contribution in [0.25, 0.3) is 0 Å². The minimum absolute atomic E-state index is 0.0386. The highest BCUT2D eigenvalue weighted by Crippen LogP contribution is 2.31. The highest BCUT2D eigenvalue weighted by molar-refractivity contribution is 7.89. The number of piperidine rings is 1. The van der Waals surface area contributed by atoms with Gasteiger partial charge in [0.05, 0.1) is 17.7 Å². The minimum Gasteiger partial charge on any atom is -0.495 e. The lowest BCUT2D eigenvalue weighted by molar-refractivity contribution is -0.120. The molecule has 12 heteroatoms. The third-order valence-corrected chi connectivity index (χ3v) is 9.14. The van der Waals surface area contributed by atoms with E-state index in [-0.39, 0.29) is 40.5 Å². The lowest BCUT2D eigenvalue weighted by Crippen LogP contribution is -2.41. The molecule has 2 fully saturated rings. The molecule has 0 unspecified atom stereocenters. The van der Waals surface area contributed by atoms with E-state index >= 15 is 0 Å². The Bertz CT molecular complexity index is 1220. The molecule has 1 amide bonds. The van der Waals surface area contributed by atoms with Crippen molar-refractivity contribution < 1.29 is 26.4 Å². The summed E-state index contributed by atoms with van der Waals surface area (Å²) < 4.78 is 59.8. The first-order valence-electron chi connectivity index (χ1n) is 10.6. The van der Waals surface area contributed by atoms with Gasteiger partial charge in [0.1, 0.15) is 10.6 Å². The number of benzene rings is 1. The molecular formula is C21H26N4O6S2. The van der Waals surface area contributed by atoms with Crippen molar-refractivity contribution in [1.82, 2.24) is 14.0 Å². The van der Waals surface area contributed by atoms with Crippen molar-refractivity contribution in [3.05, 3.63) is 42.7 Å². The number of rotatable bonds is 8. The number of sulfonamides is 2. The number of hydrogen-bond acceptors (Lipinski definition) is 7. The first-order chi connectivity index (χ1) is 15.7. The van der Waals surface area contributed by atoms with Crippen LogP contribution in [0.2, 0.25) is 0 Å². The van der Waals surface area contributed by atoms with Gasteiger partial charge in [-0.2, -0.15) is 4.31 Å². The van der Waals surface area contributed by atoms with Crippen molar-refractivity contribution in [2.24, 2.45) is 5.92 Å². The van der Waals surface area contributed by atoms with Crippen molar-refractivity contribution in [2.45, 2.75) is 41.5 Å². The Labute approximate surface area is 193 Å². The number of aromatic nitrogens is 1. The van der Waals surface area contributed by atoms with Crippen LogP contribution in [0.3, 0.4) is 0 Å². The molecule has 4 rings (SSSR count). The summed E-state index contributed by atoms with van der Waals surface area (Å²) in [6.45, 7) is 0.401. The van der Waals surface area contributed by atoms with E-state index in [2.05, 4.69) is 15.0 Å². The molecule has 1 aromatic carbocycles. The van der Waals surface area contributed by atoms with Crippen LogP contribution >= 0.6 is 0 Å². The molecule has 1 saturated heterocycles. The maximum atomic E-state index is 12.9. The highest BCUT2D eigenvalue weighted by atomic mass is 32.2. The molecule has 2 aliphatic rings. The molecule has 2 N–H and O–H groups in total. The maximum absolute atomic E-state index is 12.9. The number of hydrogen-bond donors (Lipinski definition) is 2. The van der Waals surface area contributed by atoms with Crippen LogP contribution in [0.1, 0.15) is 25.7 Å². The van der Waals surface area contributed by atoms with Gasteiger partial charge in [0.2, 0.25) is 26.0 Å². The predicted molar refractivity (Wildman–Crippen MR) is 121 cm³/mol. The summed E-state index contributed by atoms with van der Waals surface area (Å²) in [5, 5.41) is 2.76. The van der Waals surface area contributed by atoms with Gasteiger partial charge in [0.25, 0.3) is 0 Å². The summed E-state index contributed by atoms with van der Waals surface area (Å²) >= 11 is 0. The van der Waals surface area contributed by atoms with Crippen molar-refractivity contribution in [3.8, 4) is 5.75 Å². The molecule has 178 valence electrons. The average molecular weight is 495 g/mol. The monoisotopic (exact) mass is 494 g/mol. The molecule has 1 saturated carbocycles. The molecule has 0 radical (unpaired) electrons. The molecule has 1 aliphatic heterocycles. The van der Waals surface area contributed by atoms with E-state index in [1.165, 1.54) is 48.1 Å². The van der Waals surface area contributed by atoms with E-state index in [0.29, 0.717) is 18.6 Å². The van der Waals surface area contributed by atoms with Crippen LogP contribution in [0.5, 0.6) is 5.75 Å². The third kappa shape index (κ3) is 5.35. The molecule has 10 nitrogen and oxygen atoms in total. The highest BCUT2D eigenvalue weighted by Gasteiger charge is 2.33. The van der Waals surface area contributed by atoms with Gasteiger partial charge in [-0.25, -0.2) is 21.6 Å². The lowest BCUT2D eigenvalue weighted by Gasteiger charge is -2.30. The number of nitrogens with zero attached hydrogens (tertiary/aromatic N) is 2. The maximum Gasteiger partial charge on any atom is 0.244 e. The van der Waals surface area contributed by atoms with Crippen molar-refractivity contribution in [1.29, 1.82) is 0 Å². The third-order valence-electron chi connectivity index (χ3n) is 5.74. The van der Waals surface area contributed by atoms with E-state index in [4.69, 9.17) is 4.74 Å². The standard InChI is InChI=1S/C21H26N4O6S2/c1-31-20-7-6-17(32(27,28)24-16-4-5-16)13-19(20)23-21(26)15-8-11-25(12-9-15)33(29,30)18-3-2-10-22-14-18/h2-3,6-7,10,13-16,24H,4-5,8-9,11-12H2,1H3,(H,23,26). The number of anilines is 1.